The Hall–Kier alpha value is -1.16. The van der Waals surface area contributed by atoms with Crippen LogP contribution >= 0.6 is 0 Å². The first-order chi connectivity index (χ1) is 6.36. The molecule has 4 heteroatoms. The minimum atomic E-state index is 0.452. The summed E-state index contributed by atoms with van der Waals surface area (Å²) in [7, 11) is 0. The van der Waals surface area contributed by atoms with E-state index < -0.39 is 0 Å². The zero-order valence-electron chi connectivity index (χ0n) is 7.30. The van der Waals surface area contributed by atoms with E-state index in [2.05, 4.69) is 14.9 Å². The average Bonchev–Trinajstić information content (AvgIpc) is 2.67. The average molecular weight is 176 g/mol. The highest BCUT2D eigenvalue weighted by atomic mass is 15.2. The maximum absolute atomic E-state index is 5.85. The SMILES string of the molecule is NC1[C@H]2CN(c3cnccn3)C[C@@H]12. The van der Waals surface area contributed by atoms with Gasteiger partial charge in [0.1, 0.15) is 5.82 Å². The van der Waals surface area contributed by atoms with Gasteiger partial charge >= 0.3 is 0 Å². The first-order valence-corrected chi connectivity index (χ1v) is 4.63. The highest BCUT2D eigenvalue weighted by molar-refractivity contribution is 5.40. The van der Waals surface area contributed by atoms with Crippen LogP contribution in [0.15, 0.2) is 18.6 Å². The van der Waals surface area contributed by atoms with Crippen molar-refractivity contribution in [3.05, 3.63) is 18.6 Å². The van der Waals surface area contributed by atoms with Crippen LogP contribution in [0.1, 0.15) is 0 Å². The molecule has 1 aromatic heterocycles. The molecule has 0 amide bonds. The lowest BCUT2D eigenvalue weighted by Gasteiger charge is -2.18. The molecule has 2 aliphatic rings. The Morgan fingerprint density at radius 2 is 2.08 bits per heavy atom. The molecule has 0 spiro atoms. The van der Waals surface area contributed by atoms with Crippen LogP contribution in [0.3, 0.4) is 0 Å². The molecule has 13 heavy (non-hydrogen) atoms. The Kier molecular flexibility index (Phi) is 1.35. The zero-order valence-corrected chi connectivity index (χ0v) is 7.30. The third-order valence-corrected chi connectivity index (χ3v) is 3.13. The van der Waals surface area contributed by atoms with Crippen LogP contribution in [0.2, 0.25) is 0 Å². The van der Waals surface area contributed by atoms with Gasteiger partial charge in [0, 0.05) is 31.5 Å². The lowest BCUT2D eigenvalue weighted by molar-refractivity contribution is 0.733. The smallest absolute Gasteiger partial charge is 0.147 e. The number of piperidine rings is 1. The third kappa shape index (κ3) is 1.02. The molecule has 1 unspecified atom stereocenters. The van der Waals surface area contributed by atoms with Gasteiger partial charge in [-0.1, -0.05) is 0 Å². The Labute approximate surface area is 76.8 Å². The Bertz CT molecular complexity index is 301. The van der Waals surface area contributed by atoms with E-state index in [1.807, 2.05) is 6.20 Å². The summed E-state index contributed by atoms with van der Waals surface area (Å²) < 4.78 is 0. The van der Waals surface area contributed by atoms with E-state index in [0.29, 0.717) is 17.9 Å². The molecule has 0 bridgehead atoms. The summed E-state index contributed by atoms with van der Waals surface area (Å²) in [5.74, 6) is 2.41. The second-order valence-electron chi connectivity index (χ2n) is 3.87. The molecule has 1 saturated heterocycles. The van der Waals surface area contributed by atoms with Crippen molar-refractivity contribution in [2.24, 2.45) is 17.6 Å². The van der Waals surface area contributed by atoms with Crippen molar-refractivity contribution in [1.82, 2.24) is 9.97 Å². The maximum Gasteiger partial charge on any atom is 0.147 e. The van der Waals surface area contributed by atoms with Gasteiger partial charge in [-0.05, 0) is 11.8 Å². The van der Waals surface area contributed by atoms with Crippen molar-refractivity contribution < 1.29 is 0 Å². The fourth-order valence-electron chi connectivity index (χ4n) is 2.21. The van der Waals surface area contributed by atoms with Gasteiger partial charge in [-0.25, -0.2) is 4.98 Å². The molecule has 1 aliphatic carbocycles. The number of fused-ring (bicyclic) bond motifs is 1. The Balaban J connectivity index is 1.76. The minimum absolute atomic E-state index is 0.452. The van der Waals surface area contributed by atoms with Gasteiger partial charge in [-0.15, -0.1) is 0 Å². The number of rotatable bonds is 1. The molecule has 68 valence electrons. The quantitative estimate of drug-likeness (QED) is 0.647. The molecule has 2 fully saturated rings. The number of anilines is 1. The van der Waals surface area contributed by atoms with Gasteiger partial charge in [0.2, 0.25) is 0 Å². The van der Waals surface area contributed by atoms with Crippen LogP contribution in [0.5, 0.6) is 0 Å². The molecule has 1 aromatic rings. The summed E-state index contributed by atoms with van der Waals surface area (Å²) in [5.41, 5.74) is 5.85. The standard InChI is InChI=1S/C9H12N4/c10-9-6-4-13(5-7(6)9)8-3-11-1-2-12-8/h1-3,6-7,9H,4-5,10H2/t6-,7+,9?. The van der Waals surface area contributed by atoms with E-state index in [0.717, 1.165) is 18.9 Å². The molecule has 4 nitrogen and oxygen atoms in total. The van der Waals surface area contributed by atoms with E-state index in [1.165, 1.54) is 0 Å². The van der Waals surface area contributed by atoms with Crippen molar-refractivity contribution in [1.29, 1.82) is 0 Å². The van der Waals surface area contributed by atoms with E-state index in [4.69, 9.17) is 5.73 Å². The third-order valence-electron chi connectivity index (χ3n) is 3.13. The van der Waals surface area contributed by atoms with E-state index in [-0.39, 0.29) is 0 Å². The second-order valence-corrected chi connectivity index (χ2v) is 3.87. The predicted molar refractivity (Wildman–Crippen MR) is 49.2 cm³/mol. The minimum Gasteiger partial charge on any atom is -0.355 e. The fraction of sp³-hybridized carbons (Fsp3) is 0.556. The predicted octanol–water partition coefficient (Wildman–Crippen LogP) is -0.130. The molecule has 2 N–H and O–H groups in total. The molecular formula is C9H12N4. The van der Waals surface area contributed by atoms with Crippen molar-refractivity contribution in [3.8, 4) is 0 Å². The Morgan fingerprint density at radius 3 is 2.69 bits per heavy atom. The van der Waals surface area contributed by atoms with Gasteiger partial charge in [0.05, 0.1) is 6.20 Å². The van der Waals surface area contributed by atoms with Crippen molar-refractivity contribution >= 4 is 5.82 Å². The second kappa shape index (κ2) is 2.42. The number of hydrogen-bond acceptors (Lipinski definition) is 4. The summed E-state index contributed by atoms with van der Waals surface area (Å²) in [6.07, 6.45) is 5.25. The number of nitrogens with zero attached hydrogens (tertiary/aromatic N) is 3. The molecule has 1 saturated carbocycles. The number of hydrogen-bond donors (Lipinski definition) is 1. The molecule has 2 heterocycles. The van der Waals surface area contributed by atoms with E-state index >= 15 is 0 Å². The normalized spacial score (nSPS) is 36.1. The molecule has 0 aromatic carbocycles. The van der Waals surface area contributed by atoms with Gasteiger partial charge in [0.25, 0.3) is 0 Å². The number of nitrogens with two attached hydrogens (primary N) is 1. The first kappa shape index (κ1) is 7.26. The summed E-state index contributed by atoms with van der Waals surface area (Å²) in [4.78, 5) is 10.6. The number of aromatic nitrogens is 2. The summed E-state index contributed by atoms with van der Waals surface area (Å²) >= 11 is 0. The summed E-state index contributed by atoms with van der Waals surface area (Å²) in [6.45, 7) is 2.12. The van der Waals surface area contributed by atoms with Crippen LogP contribution in [0.4, 0.5) is 5.82 Å². The van der Waals surface area contributed by atoms with Gasteiger partial charge in [-0.2, -0.15) is 0 Å². The van der Waals surface area contributed by atoms with Gasteiger partial charge in [0.15, 0.2) is 0 Å². The fourth-order valence-corrected chi connectivity index (χ4v) is 2.21. The molecule has 0 radical (unpaired) electrons. The first-order valence-electron chi connectivity index (χ1n) is 4.63. The van der Waals surface area contributed by atoms with Crippen molar-refractivity contribution in [2.45, 2.75) is 6.04 Å². The van der Waals surface area contributed by atoms with Crippen LogP contribution in [-0.2, 0) is 0 Å². The van der Waals surface area contributed by atoms with Gasteiger partial charge < -0.3 is 10.6 Å². The molecular weight excluding hydrogens is 164 g/mol. The van der Waals surface area contributed by atoms with Crippen LogP contribution in [0, 0.1) is 11.8 Å². The lowest BCUT2D eigenvalue weighted by atomic mass is 10.4. The van der Waals surface area contributed by atoms with Gasteiger partial charge in [-0.3, -0.25) is 4.98 Å². The van der Waals surface area contributed by atoms with Crippen LogP contribution in [0.25, 0.3) is 0 Å². The summed E-state index contributed by atoms with van der Waals surface area (Å²) in [6, 6.07) is 0.452. The zero-order chi connectivity index (χ0) is 8.84. The monoisotopic (exact) mass is 176 g/mol. The Morgan fingerprint density at radius 1 is 1.31 bits per heavy atom. The molecule has 3 rings (SSSR count). The lowest BCUT2D eigenvalue weighted by Crippen LogP contribution is -2.28. The molecule has 1 aliphatic heterocycles. The molecule has 3 atom stereocenters. The summed E-state index contributed by atoms with van der Waals surface area (Å²) in [5, 5.41) is 0. The highest BCUT2D eigenvalue weighted by Crippen LogP contribution is 2.44. The van der Waals surface area contributed by atoms with Crippen molar-refractivity contribution in [2.75, 3.05) is 18.0 Å². The van der Waals surface area contributed by atoms with Crippen molar-refractivity contribution in [3.63, 3.8) is 0 Å². The van der Waals surface area contributed by atoms with E-state index in [9.17, 15) is 0 Å². The van der Waals surface area contributed by atoms with E-state index in [1.54, 1.807) is 12.4 Å². The topological polar surface area (TPSA) is 55.0 Å². The largest absolute Gasteiger partial charge is 0.355 e. The maximum atomic E-state index is 5.85. The van der Waals surface area contributed by atoms with Crippen LogP contribution in [-0.4, -0.2) is 29.1 Å². The van der Waals surface area contributed by atoms with Crippen LogP contribution < -0.4 is 10.6 Å². The highest BCUT2D eigenvalue weighted by Gasteiger charge is 2.53.